The lowest BCUT2D eigenvalue weighted by molar-refractivity contribution is -0.128. The predicted octanol–water partition coefficient (Wildman–Crippen LogP) is 2.08. The molecule has 0 aliphatic carbocycles. The Hall–Kier alpha value is -2.67. The Morgan fingerprint density at radius 1 is 1.30 bits per heavy atom. The number of para-hydroxylation sites is 1. The van der Waals surface area contributed by atoms with E-state index in [0.29, 0.717) is 32.1 Å². The van der Waals surface area contributed by atoms with E-state index in [2.05, 4.69) is 27.3 Å². The van der Waals surface area contributed by atoms with Gasteiger partial charge < -0.3 is 19.9 Å². The number of fused-ring (bicyclic) bond motifs is 1. The third-order valence-electron chi connectivity index (χ3n) is 5.19. The third-order valence-corrected chi connectivity index (χ3v) is 5.19. The normalized spacial score (nSPS) is 18.9. The molecule has 27 heavy (non-hydrogen) atoms. The summed E-state index contributed by atoms with van der Waals surface area (Å²) in [6.07, 6.45) is 3.38. The van der Waals surface area contributed by atoms with E-state index in [9.17, 15) is 4.79 Å². The van der Waals surface area contributed by atoms with Crippen LogP contribution in [0, 0.1) is 5.92 Å². The fourth-order valence-corrected chi connectivity index (χ4v) is 3.76. The Morgan fingerprint density at radius 3 is 2.96 bits per heavy atom. The predicted molar refractivity (Wildman–Crippen MR) is 104 cm³/mol. The van der Waals surface area contributed by atoms with Gasteiger partial charge in [0, 0.05) is 57.7 Å². The number of methoxy groups -OCH3 is 1. The number of benzene rings is 1. The molecule has 142 valence electrons. The van der Waals surface area contributed by atoms with Crippen molar-refractivity contribution in [1.82, 2.24) is 14.9 Å². The van der Waals surface area contributed by atoms with E-state index in [1.165, 1.54) is 5.69 Å². The molecule has 0 spiro atoms. The first-order valence-corrected chi connectivity index (χ1v) is 9.43. The number of nitrogens with one attached hydrogen (secondary N) is 1. The second-order valence-electron chi connectivity index (χ2n) is 7.05. The van der Waals surface area contributed by atoms with E-state index in [0.717, 1.165) is 30.9 Å². The monoisotopic (exact) mass is 367 g/mol. The summed E-state index contributed by atoms with van der Waals surface area (Å²) in [4.78, 5) is 25.3. The lowest BCUT2D eigenvalue weighted by Crippen LogP contribution is -2.29. The molecule has 4 rings (SSSR count). The molecule has 1 atom stereocenters. The van der Waals surface area contributed by atoms with E-state index >= 15 is 0 Å². The molecule has 2 aromatic rings. The number of likely N-dealkylation sites (tertiary alicyclic amines) is 1. The topological polar surface area (TPSA) is 70.6 Å². The number of aromatic nitrogens is 2. The number of hydrogen-bond acceptors (Lipinski definition) is 6. The minimum absolute atomic E-state index is 0.201. The molecule has 0 radical (unpaired) electrons. The fraction of sp³-hybridized carbons (Fsp3) is 0.450. The lowest BCUT2D eigenvalue weighted by atomic mass is 10.1. The van der Waals surface area contributed by atoms with Crippen LogP contribution in [0.1, 0.15) is 12.1 Å². The molecule has 1 amide bonds. The van der Waals surface area contributed by atoms with Gasteiger partial charge in [-0.3, -0.25) is 4.79 Å². The van der Waals surface area contributed by atoms with Gasteiger partial charge >= 0.3 is 0 Å². The van der Waals surface area contributed by atoms with E-state index in [4.69, 9.17) is 9.72 Å². The highest BCUT2D eigenvalue weighted by atomic mass is 16.5. The number of hydrogen-bond donors (Lipinski definition) is 1. The maximum Gasteiger partial charge on any atom is 0.223 e. The first-order chi connectivity index (χ1) is 13.2. The van der Waals surface area contributed by atoms with Crippen molar-refractivity contribution in [3.8, 4) is 0 Å². The van der Waals surface area contributed by atoms with Gasteiger partial charge in [0.05, 0.1) is 24.2 Å². The van der Waals surface area contributed by atoms with Crippen molar-refractivity contribution >= 4 is 23.2 Å². The van der Waals surface area contributed by atoms with Crippen LogP contribution in [0.25, 0.3) is 0 Å². The molecular formula is C20H25N5O2. The number of rotatable bonds is 7. The van der Waals surface area contributed by atoms with Gasteiger partial charge in [-0.25, -0.2) is 9.97 Å². The summed E-state index contributed by atoms with van der Waals surface area (Å²) in [6.45, 7) is 3.63. The van der Waals surface area contributed by atoms with Crippen molar-refractivity contribution < 1.29 is 9.53 Å². The molecule has 7 nitrogen and oxygen atoms in total. The maximum absolute atomic E-state index is 12.0. The summed E-state index contributed by atoms with van der Waals surface area (Å²) in [5.74, 6) is 1.13. The number of carbonyl (C=O) groups is 1. The lowest BCUT2D eigenvalue weighted by Gasteiger charge is -2.19. The molecule has 2 aliphatic heterocycles. The van der Waals surface area contributed by atoms with Crippen LogP contribution in [-0.4, -0.2) is 60.7 Å². The van der Waals surface area contributed by atoms with Crippen molar-refractivity contribution in [3.05, 3.63) is 42.2 Å². The number of ether oxygens (including phenoxy) is 1. The van der Waals surface area contributed by atoms with Crippen molar-refractivity contribution in [2.75, 3.05) is 50.1 Å². The zero-order chi connectivity index (χ0) is 18.6. The van der Waals surface area contributed by atoms with Gasteiger partial charge in [0.1, 0.15) is 0 Å². The molecule has 1 aromatic carbocycles. The summed E-state index contributed by atoms with van der Waals surface area (Å²) in [7, 11) is 1.66. The van der Waals surface area contributed by atoms with Crippen LogP contribution in [0.4, 0.5) is 17.3 Å². The molecule has 1 unspecified atom stereocenters. The summed E-state index contributed by atoms with van der Waals surface area (Å²) in [6, 6.07) is 10.3. The quantitative estimate of drug-likeness (QED) is 0.808. The fourth-order valence-electron chi connectivity index (χ4n) is 3.76. The van der Waals surface area contributed by atoms with Gasteiger partial charge in [0.25, 0.3) is 0 Å². The minimum Gasteiger partial charge on any atom is -0.383 e. The van der Waals surface area contributed by atoms with Crippen LogP contribution >= 0.6 is 0 Å². The first-order valence-electron chi connectivity index (χ1n) is 9.43. The average Bonchev–Trinajstić information content (AvgIpc) is 3.28. The summed E-state index contributed by atoms with van der Waals surface area (Å²) >= 11 is 0. The molecule has 7 heteroatoms. The Balaban J connectivity index is 1.36. The zero-order valence-corrected chi connectivity index (χ0v) is 15.6. The van der Waals surface area contributed by atoms with Crippen molar-refractivity contribution in [2.24, 2.45) is 5.92 Å². The van der Waals surface area contributed by atoms with Gasteiger partial charge in [-0.2, -0.15) is 0 Å². The highest BCUT2D eigenvalue weighted by Gasteiger charge is 2.29. The minimum atomic E-state index is 0.201. The second-order valence-corrected chi connectivity index (χ2v) is 7.05. The van der Waals surface area contributed by atoms with E-state index in [1.54, 1.807) is 7.11 Å². The van der Waals surface area contributed by atoms with Crippen molar-refractivity contribution in [3.63, 3.8) is 0 Å². The summed E-state index contributed by atoms with van der Waals surface area (Å²) in [5.41, 5.74) is 3.32. The molecule has 3 heterocycles. The van der Waals surface area contributed by atoms with Crippen molar-refractivity contribution in [2.45, 2.75) is 12.8 Å². The molecule has 1 aromatic heterocycles. The summed E-state index contributed by atoms with van der Waals surface area (Å²) < 4.78 is 5.07. The Morgan fingerprint density at radius 2 is 2.15 bits per heavy atom. The highest BCUT2D eigenvalue weighted by Crippen LogP contribution is 2.33. The molecule has 2 aliphatic rings. The Kier molecular flexibility index (Phi) is 5.20. The molecule has 0 saturated carbocycles. The number of carbonyl (C=O) groups excluding carboxylic acids is 1. The number of anilines is 3. The smallest absolute Gasteiger partial charge is 0.223 e. The third kappa shape index (κ3) is 3.88. The SMILES string of the molecule is COCCN1CC(CNc2ncc3c(n2)CCN3c2ccccc2)CC1=O. The second kappa shape index (κ2) is 7.92. The number of amides is 1. The van der Waals surface area contributed by atoms with Gasteiger partial charge in [-0.1, -0.05) is 18.2 Å². The van der Waals surface area contributed by atoms with Crippen LogP contribution in [0.2, 0.25) is 0 Å². The number of nitrogens with zero attached hydrogens (tertiary/aromatic N) is 4. The highest BCUT2D eigenvalue weighted by molar-refractivity contribution is 5.78. The van der Waals surface area contributed by atoms with Crippen molar-refractivity contribution in [1.29, 1.82) is 0 Å². The Bertz CT molecular complexity index is 798. The van der Waals surface area contributed by atoms with Crippen LogP contribution in [0.15, 0.2) is 36.5 Å². The molecule has 1 N–H and O–H groups in total. The average molecular weight is 367 g/mol. The largest absolute Gasteiger partial charge is 0.383 e. The van der Waals surface area contributed by atoms with Gasteiger partial charge in [0.15, 0.2) is 0 Å². The van der Waals surface area contributed by atoms with Gasteiger partial charge in [-0.05, 0) is 12.1 Å². The maximum atomic E-state index is 12.0. The van der Waals surface area contributed by atoms with Gasteiger partial charge in [-0.15, -0.1) is 0 Å². The van der Waals surface area contributed by atoms with Gasteiger partial charge in [0.2, 0.25) is 11.9 Å². The van der Waals surface area contributed by atoms with Crippen LogP contribution in [0.3, 0.4) is 0 Å². The molecule has 1 saturated heterocycles. The Labute approximate surface area is 159 Å². The molecule has 0 bridgehead atoms. The van der Waals surface area contributed by atoms with E-state index in [1.807, 2.05) is 29.3 Å². The summed E-state index contributed by atoms with van der Waals surface area (Å²) in [5, 5.41) is 3.32. The molecular weight excluding hydrogens is 342 g/mol. The standard InChI is InChI=1S/C20H25N5O2/c1-27-10-9-24-14-15(11-19(24)26)12-21-20-22-13-18-17(23-20)7-8-25(18)16-5-3-2-4-6-16/h2-6,13,15H,7-12,14H2,1H3,(H,21,22,23). The molecule has 1 fully saturated rings. The van der Waals surface area contributed by atoms with E-state index < -0.39 is 0 Å². The van der Waals surface area contributed by atoms with Crippen LogP contribution < -0.4 is 10.2 Å². The van der Waals surface area contributed by atoms with Crippen LogP contribution in [-0.2, 0) is 16.0 Å². The van der Waals surface area contributed by atoms with Crippen LogP contribution in [0.5, 0.6) is 0 Å². The zero-order valence-electron chi connectivity index (χ0n) is 15.6. The first kappa shape index (κ1) is 17.7. The van der Waals surface area contributed by atoms with E-state index in [-0.39, 0.29) is 11.8 Å².